The maximum Gasteiger partial charge on any atom is 0.303 e. The van der Waals surface area contributed by atoms with Crippen LogP contribution in [0.15, 0.2) is 10.9 Å². The molecule has 0 aliphatic carbocycles. The lowest BCUT2D eigenvalue weighted by atomic mass is 10.0. The Bertz CT molecular complexity index is 580. The molecular weight excluding hydrogens is 272 g/mol. The number of nitrogens with zero attached hydrogens (tertiary/aromatic N) is 2. The second-order valence-electron chi connectivity index (χ2n) is 5.47. The van der Waals surface area contributed by atoms with Gasteiger partial charge in [-0.1, -0.05) is 0 Å². The van der Waals surface area contributed by atoms with E-state index < -0.39 is 5.97 Å². The molecule has 1 N–H and O–H groups in total. The molecule has 21 heavy (non-hydrogen) atoms. The quantitative estimate of drug-likeness (QED) is 0.827. The SMILES string of the molecule is COCCn1c2c(cc(CCC(=O)O)c1=O)CN(C)CC2. The highest BCUT2D eigenvalue weighted by atomic mass is 16.5. The molecule has 0 fully saturated rings. The van der Waals surface area contributed by atoms with Crippen molar-refractivity contribution < 1.29 is 14.6 Å². The molecule has 2 rings (SSSR count). The van der Waals surface area contributed by atoms with Gasteiger partial charge in [-0.25, -0.2) is 0 Å². The fraction of sp³-hybridized carbons (Fsp3) is 0.600. The third-order valence-electron chi connectivity index (χ3n) is 3.86. The Morgan fingerprint density at radius 1 is 1.48 bits per heavy atom. The van der Waals surface area contributed by atoms with E-state index >= 15 is 0 Å². The van der Waals surface area contributed by atoms with Gasteiger partial charge in [0.15, 0.2) is 0 Å². The lowest BCUT2D eigenvalue weighted by Crippen LogP contribution is -2.36. The highest BCUT2D eigenvalue weighted by molar-refractivity contribution is 5.67. The molecule has 1 aromatic rings. The molecule has 0 spiro atoms. The van der Waals surface area contributed by atoms with Crippen molar-refractivity contribution in [1.82, 2.24) is 9.47 Å². The number of hydrogen-bond acceptors (Lipinski definition) is 4. The van der Waals surface area contributed by atoms with Gasteiger partial charge in [-0.05, 0) is 25.1 Å². The van der Waals surface area contributed by atoms with Crippen LogP contribution in [0.3, 0.4) is 0 Å². The van der Waals surface area contributed by atoms with Crippen molar-refractivity contribution in [1.29, 1.82) is 0 Å². The van der Waals surface area contributed by atoms with Crippen molar-refractivity contribution in [2.45, 2.75) is 32.4 Å². The average Bonchev–Trinajstić information content (AvgIpc) is 2.44. The highest BCUT2D eigenvalue weighted by Gasteiger charge is 2.20. The van der Waals surface area contributed by atoms with E-state index in [2.05, 4.69) is 4.90 Å². The molecule has 1 aromatic heterocycles. The van der Waals surface area contributed by atoms with E-state index in [0.29, 0.717) is 18.7 Å². The molecule has 0 radical (unpaired) electrons. The Morgan fingerprint density at radius 3 is 2.90 bits per heavy atom. The zero-order chi connectivity index (χ0) is 15.4. The number of likely N-dealkylation sites (N-methyl/N-ethyl adjacent to an activating group) is 1. The summed E-state index contributed by atoms with van der Waals surface area (Å²) in [6.45, 7) is 2.71. The maximum absolute atomic E-state index is 12.5. The zero-order valence-electron chi connectivity index (χ0n) is 12.6. The van der Waals surface area contributed by atoms with Gasteiger partial charge in [-0.15, -0.1) is 0 Å². The first-order chi connectivity index (χ1) is 10.0. The summed E-state index contributed by atoms with van der Waals surface area (Å²) >= 11 is 0. The fourth-order valence-electron chi connectivity index (χ4n) is 2.76. The number of carbonyl (C=O) groups is 1. The van der Waals surface area contributed by atoms with Crippen LogP contribution in [-0.4, -0.2) is 47.9 Å². The van der Waals surface area contributed by atoms with Crippen LogP contribution in [0.1, 0.15) is 23.2 Å². The van der Waals surface area contributed by atoms with Gasteiger partial charge in [0.2, 0.25) is 0 Å². The predicted molar refractivity (Wildman–Crippen MR) is 78.6 cm³/mol. The zero-order valence-corrected chi connectivity index (χ0v) is 12.6. The summed E-state index contributed by atoms with van der Waals surface area (Å²) in [7, 11) is 3.66. The van der Waals surface area contributed by atoms with E-state index in [1.165, 1.54) is 0 Å². The molecule has 2 heterocycles. The topological polar surface area (TPSA) is 71.8 Å². The van der Waals surface area contributed by atoms with Crippen LogP contribution in [-0.2, 0) is 35.5 Å². The Labute approximate surface area is 123 Å². The molecule has 1 aliphatic rings. The van der Waals surface area contributed by atoms with Gasteiger partial charge < -0.3 is 19.3 Å². The van der Waals surface area contributed by atoms with Crippen LogP contribution in [0, 0.1) is 0 Å². The summed E-state index contributed by atoms with van der Waals surface area (Å²) < 4.78 is 6.85. The molecule has 0 bridgehead atoms. The molecule has 0 saturated heterocycles. The predicted octanol–water partition coefficient (Wildman–Crippen LogP) is 0.500. The maximum atomic E-state index is 12.5. The van der Waals surface area contributed by atoms with Gasteiger partial charge >= 0.3 is 5.97 Å². The van der Waals surface area contributed by atoms with Crippen LogP contribution in [0.2, 0.25) is 0 Å². The van der Waals surface area contributed by atoms with Crippen LogP contribution < -0.4 is 5.56 Å². The third kappa shape index (κ3) is 3.71. The monoisotopic (exact) mass is 294 g/mol. The molecular formula is C15H22N2O4. The van der Waals surface area contributed by atoms with Gasteiger partial charge in [-0.2, -0.15) is 0 Å². The summed E-state index contributed by atoms with van der Waals surface area (Å²) in [4.78, 5) is 25.5. The number of hydrogen-bond donors (Lipinski definition) is 1. The summed E-state index contributed by atoms with van der Waals surface area (Å²) in [5, 5.41) is 8.82. The molecule has 0 saturated carbocycles. The Balaban J connectivity index is 2.40. The van der Waals surface area contributed by atoms with Crippen molar-refractivity contribution in [3.63, 3.8) is 0 Å². The minimum absolute atomic E-state index is 0.0197. The second kappa shape index (κ2) is 6.87. The van der Waals surface area contributed by atoms with Crippen LogP contribution in [0.5, 0.6) is 0 Å². The number of aliphatic carboxylic acids is 1. The summed E-state index contributed by atoms with van der Waals surface area (Å²) in [6, 6.07) is 1.89. The molecule has 6 heteroatoms. The normalized spacial score (nSPS) is 15.0. The van der Waals surface area contributed by atoms with E-state index in [-0.39, 0.29) is 18.4 Å². The smallest absolute Gasteiger partial charge is 0.303 e. The number of carboxylic acids is 1. The van der Waals surface area contributed by atoms with Gasteiger partial charge in [-0.3, -0.25) is 9.59 Å². The van der Waals surface area contributed by atoms with Crippen molar-refractivity contribution in [3.8, 4) is 0 Å². The van der Waals surface area contributed by atoms with E-state index in [0.717, 1.165) is 30.8 Å². The minimum atomic E-state index is -0.882. The lowest BCUT2D eigenvalue weighted by molar-refractivity contribution is -0.136. The lowest BCUT2D eigenvalue weighted by Gasteiger charge is -2.28. The molecule has 0 aromatic carbocycles. The third-order valence-corrected chi connectivity index (χ3v) is 3.86. The summed E-state index contributed by atoms with van der Waals surface area (Å²) in [6.07, 6.45) is 1.09. The standard InChI is InChI=1S/C15H22N2O4/c1-16-6-5-13-12(10-16)9-11(3-4-14(18)19)15(20)17(13)7-8-21-2/h9H,3-8,10H2,1-2H3,(H,18,19). The van der Waals surface area contributed by atoms with E-state index in [9.17, 15) is 9.59 Å². The Hall–Kier alpha value is -1.66. The summed E-state index contributed by atoms with van der Waals surface area (Å²) in [5.41, 5.74) is 2.70. The van der Waals surface area contributed by atoms with E-state index in [1.54, 1.807) is 11.7 Å². The van der Waals surface area contributed by atoms with Gasteiger partial charge in [0.1, 0.15) is 0 Å². The highest BCUT2D eigenvalue weighted by Crippen LogP contribution is 2.18. The van der Waals surface area contributed by atoms with Crippen molar-refractivity contribution >= 4 is 5.97 Å². The van der Waals surface area contributed by atoms with Gasteiger partial charge in [0.05, 0.1) is 6.61 Å². The van der Waals surface area contributed by atoms with Crippen LogP contribution >= 0.6 is 0 Å². The van der Waals surface area contributed by atoms with Crippen LogP contribution in [0.4, 0.5) is 0 Å². The number of pyridine rings is 1. The minimum Gasteiger partial charge on any atom is -0.481 e. The van der Waals surface area contributed by atoms with Crippen molar-refractivity contribution in [2.24, 2.45) is 0 Å². The Morgan fingerprint density at radius 2 is 2.24 bits per heavy atom. The molecule has 0 unspecified atom stereocenters. The number of methoxy groups -OCH3 is 1. The van der Waals surface area contributed by atoms with Gasteiger partial charge in [0.25, 0.3) is 5.56 Å². The average molecular weight is 294 g/mol. The van der Waals surface area contributed by atoms with E-state index in [4.69, 9.17) is 9.84 Å². The molecule has 0 atom stereocenters. The van der Waals surface area contributed by atoms with Gasteiger partial charge in [0, 0.05) is 50.8 Å². The summed E-state index contributed by atoms with van der Waals surface area (Å²) in [5.74, 6) is -0.882. The molecule has 116 valence electrons. The first-order valence-electron chi connectivity index (χ1n) is 7.16. The second-order valence-corrected chi connectivity index (χ2v) is 5.47. The molecule has 1 aliphatic heterocycles. The molecule has 0 amide bonds. The first kappa shape index (κ1) is 15.7. The van der Waals surface area contributed by atoms with Crippen molar-refractivity contribution in [2.75, 3.05) is 27.3 Å². The van der Waals surface area contributed by atoms with E-state index in [1.807, 2.05) is 13.1 Å². The number of aryl methyl sites for hydroxylation is 1. The number of rotatable bonds is 6. The largest absolute Gasteiger partial charge is 0.481 e. The van der Waals surface area contributed by atoms with Crippen molar-refractivity contribution in [3.05, 3.63) is 33.2 Å². The number of aromatic nitrogens is 1. The van der Waals surface area contributed by atoms with Crippen LogP contribution in [0.25, 0.3) is 0 Å². The molecule has 6 nitrogen and oxygen atoms in total. The number of fused-ring (bicyclic) bond motifs is 1. The fourth-order valence-corrected chi connectivity index (χ4v) is 2.76. The number of carboxylic acid groups (broad SMARTS) is 1. The number of ether oxygens (including phenoxy) is 1. The first-order valence-corrected chi connectivity index (χ1v) is 7.16. The Kier molecular flexibility index (Phi) is 5.14.